The van der Waals surface area contributed by atoms with Gasteiger partial charge in [-0.1, -0.05) is 13.3 Å². The molecule has 6 heteroatoms. The molecule has 0 saturated carbocycles. The zero-order valence-corrected chi connectivity index (χ0v) is 19.5. The lowest BCUT2D eigenvalue weighted by atomic mass is 9.84. The molecule has 0 aliphatic carbocycles. The molecule has 1 unspecified atom stereocenters. The Bertz CT molecular complexity index is 441. The first kappa shape index (κ1) is 22.2. The predicted octanol–water partition coefficient (Wildman–Crippen LogP) is 2.86. The summed E-state index contributed by atoms with van der Waals surface area (Å²) in [5.41, 5.74) is 0.324. The monoisotopic (exact) mass is 477 g/mol. The number of aliphatic imine (C=N–C) groups is 1. The number of hydrogen-bond acceptors (Lipinski definition) is 3. The van der Waals surface area contributed by atoms with Gasteiger partial charge in [-0.2, -0.15) is 0 Å². The molecule has 3 fully saturated rings. The Hall–Kier alpha value is -0.0800. The summed E-state index contributed by atoms with van der Waals surface area (Å²) in [5, 5.41) is 3.80. The van der Waals surface area contributed by atoms with Gasteiger partial charge in [0.25, 0.3) is 0 Å². The van der Waals surface area contributed by atoms with Crippen molar-refractivity contribution < 1.29 is 0 Å². The second-order valence-corrected chi connectivity index (χ2v) is 8.67. The summed E-state index contributed by atoms with van der Waals surface area (Å²) < 4.78 is 0. The van der Waals surface area contributed by atoms with Gasteiger partial charge in [-0.15, -0.1) is 24.0 Å². The maximum Gasteiger partial charge on any atom is 0.193 e. The van der Waals surface area contributed by atoms with Gasteiger partial charge in [0.05, 0.1) is 0 Å². The highest BCUT2D eigenvalue weighted by atomic mass is 127. The smallest absolute Gasteiger partial charge is 0.193 e. The number of rotatable bonds is 3. The first-order valence-electron chi connectivity index (χ1n) is 10.5. The summed E-state index contributed by atoms with van der Waals surface area (Å²) in [6, 6.07) is 0. The van der Waals surface area contributed by atoms with Gasteiger partial charge in [-0.3, -0.25) is 9.89 Å². The molecule has 152 valence electrons. The third-order valence-electron chi connectivity index (χ3n) is 6.69. The minimum atomic E-state index is 0. The molecule has 0 bridgehead atoms. The third-order valence-corrected chi connectivity index (χ3v) is 6.69. The average Bonchev–Trinajstić information content (AvgIpc) is 2.65. The van der Waals surface area contributed by atoms with Crippen molar-refractivity contribution in [2.75, 3.05) is 59.9 Å². The largest absolute Gasteiger partial charge is 0.354 e. The van der Waals surface area contributed by atoms with E-state index >= 15 is 0 Å². The van der Waals surface area contributed by atoms with E-state index in [1.807, 2.05) is 7.05 Å². The molecule has 26 heavy (non-hydrogen) atoms. The topological polar surface area (TPSA) is 34.1 Å². The van der Waals surface area contributed by atoms with Crippen LogP contribution in [-0.2, 0) is 0 Å². The molecule has 0 radical (unpaired) electrons. The van der Waals surface area contributed by atoms with E-state index in [2.05, 4.69) is 39.0 Å². The van der Waals surface area contributed by atoms with Gasteiger partial charge in [0.2, 0.25) is 0 Å². The number of guanidine groups is 1. The minimum absolute atomic E-state index is 0. The zero-order chi connectivity index (χ0) is 17.7. The number of halogens is 1. The lowest BCUT2D eigenvalue weighted by Gasteiger charge is -2.50. The van der Waals surface area contributed by atoms with Gasteiger partial charge < -0.3 is 15.1 Å². The molecule has 0 amide bonds. The molecule has 3 rings (SSSR count). The van der Waals surface area contributed by atoms with Crippen molar-refractivity contribution >= 4 is 29.9 Å². The summed E-state index contributed by atoms with van der Waals surface area (Å²) in [6.07, 6.45) is 9.37. The molecule has 0 aromatic carbocycles. The number of nitrogens with zero attached hydrogens (tertiary/aromatic N) is 4. The highest BCUT2D eigenvalue weighted by Gasteiger charge is 2.40. The van der Waals surface area contributed by atoms with Gasteiger partial charge in [0.1, 0.15) is 0 Å². The van der Waals surface area contributed by atoms with Crippen LogP contribution in [0.25, 0.3) is 0 Å². The Kier molecular flexibility index (Phi) is 8.94. The second kappa shape index (κ2) is 10.5. The molecule has 1 atom stereocenters. The molecular weight excluding hydrogens is 437 g/mol. The normalized spacial score (nSPS) is 28.5. The van der Waals surface area contributed by atoms with E-state index in [4.69, 9.17) is 0 Å². The predicted molar refractivity (Wildman–Crippen MR) is 122 cm³/mol. The molecule has 5 nitrogen and oxygen atoms in total. The number of piperidine rings is 3. The van der Waals surface area contributed by atoms with Crippen LogP contribution >= 0.6 is 24.0 Å². The first-order valence-corrected chi connectivity index (χ1v) is 10.5. The van der Waals surface area contributed by atoms with Crippen LogP contribution in [-0.4, -0.2) is 86.1 Å². The summed E-state index contributed by atoms with van der Waals surface area (Å²) >= 11 is 0. The Morgan fingerprint density at radius 3 is 2.35 bits per heavy atom. The van der Waals surface area contributed by atoms with E-state index in [-0.39, 0.29) is 24.0 Å². The van der Waals surface area contributed by atoms with Crippen LogP contribution in [0.15, 0.2) is 4.99 Å². The van der Waals surface area contributed by atoms with Crippen LogP contribution in [0.5, 0.6) is 0 Å². The van der Waals surface area contributed by atoms with Gasteiger partial charge in [0, 0.05) is 32.2 Å². The maximum absolute atomic E-state index is 4.62. The number of likely N-dealkylation sites (tertiary alicyclic amines) is 3. The van der Waals surface area contributed by atoms with Crippen molar-refractivity contribution in [2.24, 2.45) is 10.9 Å². The SMILES string of the molecule is CN=C(NCC1(N2CCCCC2)CCN(C)CC1)N1CCCC(C)C1.I. The van der Waals surface area contributed by atoms with Crippen LogP contribution < -0.4 is 5.32 Å². The zero-order valence-electron chi connectivity index (χ0n) is 17.2. The fourth-order valence-electron chi connectivity index (χ4n) is 4.97. The molecule has 3 aliphatic rings. The van der Waals surface area contributed by atoms with E-state index in [1.54, 1.807) is 0 Å². The van der Waals surface area contributed by atoms with Crippen LogP contribution in [0.3, 0.4) is 0 Å². The highest BCUT2D eigenvalue weighted by molar-refractivity contribution is 14.0. The Labute approximate surface area is 178 Å². The Morgan fingerprint density at radius 2 is 1.73 bits per heavy atom. The van der Waals surface area contributed by atoms with Gasteiger partial charge >= 0.3 is 0 Å². The van der Waals surface area contributed by atoms with E-state index < -0.39 is 0 Å². The number of nitrogens with one attached hydrogen (secondary N) is 1. The van der Waals surface area contributed by atoms with E-state index in [1.165, 1.54) is 71.1 Å². The van der Waals surface area contributed by atoms with E-state index in [9.17, 15) is 0 Å². The Morgan fingerprint density at radius 1 is 1.04 bits per heavy atom. The van der Waals surface area contributed by atoms with Crippen LogP contribution in [0, 0.1) is 5.92 Å². The van der Waals surface area contributed by atoms with Gasteiger partial charge in [-0.05, 0) is 77.7 Å². The molecule has 3 heterocycles. The summed E-state index contributed by atoms with van der Waals surface area (Å²) in [4.78, 5) is 12.4. The Balaban J connectivity index is 0.00000243. The van der Waals surface area contributed by atoms with Crippen molar-refractivity contribution in [3.63, 3.8) is 0 Å². The third kappa shape index (κ3) is 5.47. The minimum Gasteiger partial charge on any atom is -0.354 e. The van der Waals surface area contributed by atoms with E-state index in [0.717, 1.165) is 31.5 Å². The number of hydrogen-bond donors (Lipinski definition) is 1. The van der Waals surface area contributed by atoms with Crippen molar-refractivity contribution in [2.45, 2.75) is 57.4 Å². The molecule has 1 N–H and O–H groups in total. The highest BCUT2D eigenvalue weighted by Crippen LogP contribution is 2.31. The lowest BCUT2D eigenvalue weighted by molar-refractivity contribution is 0.0168. The first-order chi connectivity index (χ1) is 12.1. The van der Waals surface area contributed by atoms with E-state index in [0.29, 0.717) is 5.54 Å². The molecule has 3 aliphatic heterocycles. The summed E-state index contributed by atoms with van der Waals surface area (Å²) in [5.74, 6) is 1.91. The average molecular weight is 477 g/mol. The fraction of sp³-hybridized carbons (Fsp3) is 0.950. The van der Waals surface area contributed by atoms with Crippen LogP contribution in [0.4, 0.5) is 0 Å². The fourth-order valence-corrected chi connectivity index (χ4v) is 4.97. The van der Waals surface area contributed by atoms with Crippen molar-refractivity contribution in [1.82, 2.24) is 20.0 Å². The maximum atomic E-state index is 4.62. The summed E-state index contributed by atoms with van der Waals surface area (Å²) in [6.45, 7) is 10.7. The van der Waals surface area contributed by atoms with Crippen LogP contribution in [0.2, 0.25) is 0 Å². The van der Waals surface area contributed by atoms with Crippen LogP contribution in [0.1, 0.15) is 51.9 Å². The molecular formula is C20H40IN5. The van der Waals surface area contributed by atoms with Gasteiger partial charge in [-0.25, -0.2) is 0 Å². The van der Waals surface area contributed by atoms with Gasteiger partial charge in [0.15, 0.2) is 5.96 Å². The second-order valence-electron chi connectivity index (χ2n) is 8.67. The molecule has 0 aromatic rings. The van der Waals surface area contributed by atoms with Crippen molar-refractivity contribution in [1.29, 1.82) is 0 Å². The molecule has 0 spiro atoms. The molecule has 0 aromatic heterocycles. The standard InChI is InChI=1S/C20H39N5.HI/c1-18-8-7-11-24(16-18)19(21-2)22-17-20(9-14-23(3)15-10-20)25-12-5-4-6-13-25;/h18H,4-17H2,1-3H3,(H,21,22);1H. The van der Waals surface area contributed by atoms with Crippen molar-refractivity contribution in [3.8, 4) is 0 Å². The molecule has 3 saturated heterocycles. The lowest BCUT2D eigenvalue weighted by Crippen LogP contribution is -2.62. The quantitative estimate of drug-likeness (QED) is 0.385. The van der Waals surface area contributed by atoms with Crippen molar-refractivity contribution in [3.05, 3.63) is 0 Å². The summed E-state index contributed by atoms with van der Waals surface area (Å²) in [7, 11) is 4.21.